The molecule has 2 bridgehead atoms. The fraction of sp³-hybridized carbons (Fsp3) is 0.600. The summed E-state index contributed by atoms with van der Waals surface area (Å²) in [6.07, 6.45) is 4.03. The van der Waals surface area contributed by atoms with Gasteiger partial charge in [-0.1, -0.05) is 33.6 Å². The van der Waals surface area contributed by atoms with E-state index < -0.39 is 0 Å². The van der Waals surface area contributed by atoms with Crippen molar-refractivity contribution in [2.45, 2.75) is 37.9 Å². The van der Waals surface area contributed by atoms with E-state index >= 15 is 0 Å². The van der Waals surface area contributed by atoms with Gasteiger partial charge in [0, 0.05) is 41.2 Å². The molecule has 0 aromatic heterocycles. The van der Waals surface area contributed by atoms with E-state index in [0.29, 0.717) is 0 Å². The molecule has 0 amide bonds. The first-order valence-electron chi connectivity index (χ1n) is 7.01. The monoisotopic (exact) mass is 342 g/mol. The van der Waals surface area contributed by atoms with Gasteiger partial charge in [0.2, 0.25) is 0 Å². The van der Waals surface area contributed by atoms with Crippen molar-refractivity contribution in [3.8, 4) is 0 Å². The summed E-state index contributed by atoms with van der Waals surface area (Å²) in [4.78, 5) is 5.15. The number of halogens is 2. The quantitative estimate of drug-likeness (QED) is 0.806. The van der Waals surface area contributed by atoms with Crippen LogP contribution in [0.3, 0.4) is 0 Å². The highest BCUT2D eigenvalue weighted by atomic mass is 79.9. The summed E-state index contributed by atoms with van der Waals surface area (Å²) in [6.45, 7) is 3.35. The van der Waals surface area contributed by atoms with E-state index in [-0.39, 0.29) is 0 Å². The molecule has 0 radical (unpaired) electrons. The zero-order valence-electron chi connectivity index (χ0n) is 11.3. The van der Waals surface area contributed by atoms with Crippen LogP contribution in [0.5, 0.6) is 0 Å². The molecule has 0 N–H and O–H groups in total. The Balaban J connectivity index is 1.70. The number of likely N-dealkylation sites (tertiary alicyclic amines) is 1. The number of nitrogens with zero attached hydrogens (tertiary/aromatic N) is 2. The highest BCUT2D eigenvalue weighted by Crippen LogP contribution is 2.30. The first kappa shape index (κ1) is 13.9. The van der Waals surface area contributed by atoms with Crippen LogP contribution in [0.25, 0.3) is 0 Å². The van der Waals surface area contributed by atoms with Gasteiger partial charge in [0.05, 0.1) is 0 Å². The summed E-state index contributed by atoms with van der Waals surface area (Å²) in [5, 5.41) is 0.872. The Morgan fingerprint density at radius 2 is 2.05 bits per heavy atom. The molecule has 0 spiro atoms. The average Bonchev–Trinajstić information content (AvgIpc) is 2.60. The van der Waals surface area contributed by atoms with Gasteiger partial charge in [-0.05, 0) is 44.0 Å². The van der Waals surface area contributed by atoms with E-state index in [4.69, 9.17) is 11.6 Å². The molecule has 0 saturated carbocycles. The lowest BCUT2D eigenvalue weighted by molar-refractivity contribution is 0.214. The molecule has 19 heavy (non-hydrogen) atoms. The second kappa shape index (κ2) is 5.72. The van der Waals surface area contributed by atoms with Gasteiger partial charge in [-0.3, -0.25) is 9.80 Å². The van der Waals surface area contributed by atoms with Crippen LogP contribution in [0.1, 0.15) is 24.8 Å². The molecule has 2 saturated heterocycles. The standard InChI is InChI=1S/C15H20BrClN2/c1-18-13-4-5-14(18)10-19(7-6-13)9-11-2-3-12(16)8-15(11)17/h2-3,8,13-14H,4-7,9-10H2,1H3. The Labute approximate surface area is 128 Å². The summed E-state index contributed by atoms with van der Waals surface area (Å²) >= 11 is 9.79. The van der Waals surface area contributed by atoms with Crippen LogP contribution >= 0.6 is 27.5 Å². The minimum Gasteiger partial charge on any atom is -0.299 e. The highest BCUT2D eigenvalue weighted by molar-refractivity contribution is 9.10. The Morgan fingerprint density at radius 1 is 1.26 bits per heavy atom. The topological polar surface area (TPSA) is 6.48 Å². The SMILES string of the molecule is CN1C2CCC1CN(Cc1ccc(Br)cc1Cl)CC2. The van der Waals surface area contributed by atoms with Gasteiger partial charge in [0.15, 0.2) is 0 Å². The van der Waals surface area contributed by atoms with E-state index in [2.05, 4.69) is 44.9 Å². The number of hydrogen-bond acceptors (Lipinski definition) is 2. The molecule has 2 aliphatic rings. The van der Waals surface area contributed by atoms with Gasteiger partial charge >= 0.3 is 0 Å². The van der Waals surface area contributed by atoms with Gasteiger partial charge < -0.3 is 0 Å². The van der Waals surface area contributed by atoms with E-state index in [1.165, 1.54) is 37.9 Å². The summed E-state index contributed by atoms with van der Waals surface area (Å²) in [7, 11) is 2.29. The van der Waals surface area contributed by atoms with Gasteiger partial charge in [-0.25, -0.2) is 0 Å². The molecule has 3 rings (SSSR count). The third kappa shape index (κ3) is 2.99. The fourth-order valence-electron chi connectivity index (χ4n) is 3.41. The van der Waals surface area contributed by atoms with Crippen molar-refractivity contribution in [3.05, 3.63) is 33.3 Å². The molecule has 2 fully saturated rings. The van der Waals surface area contributed by atoms with Gasteiger partial charge in [-0.2, -0.15) is 0 Å². The molecule has 2 unspecified atom stereocenters. The average molecular weight is 344 g/mol. The molecule has 0 aliphatic carbocycles. The summed E-state index contributed by atoms with van der Waals surface area (Å²) in [5.74, 6) is 0. The Morgan fingerprint density at radius 3 is 2.84 bits per heavy atom. The van der Waals surface area contributed by atoms with E-state index in [9.17, 15) is 0 Å². The lowest BCUT2D eigenvalue weighted by Crippen LogP contribution is -2.36. The number of fused-ring (bicyclic) bond motifs is 2. The van der Waals surface area contributed by atoms with Gasteiger partial charge in [-0.15, -0.1) is 0 Å². The maximum Gasteiger partial charge on any atom is 0.0462 e. The lowest BCUT2D eigenvalue weighted by atomic mass is 10.1. The number of benzene rings is 1. The Kier molecular flexibility index (Phi) is 4.18. The summed E-state index contributed by atoms with van der Waals surface area (Å²) in [5.41, 5.74) is 1.24. The molecule has 2 atom stereocenters. The van der Waals surface area contributed by atoms with Crippen molar-refractivity contribution >= 4 is 27.5 Å². The molecule has 2 nitrogen and oxygen atoms in total. The molecular weight excluding hydrogens is 324 g/mol. The summed E-state index contributed by atoms with van der Waals surface area (Å²) < 4.78 is 1.05. The highest BCUT2D eigenvalue weighted by Gasteiger charge is 2.34. The predicted octanol–water partition coefficient (Wildman–Crippen LogP) is 3.77. The van der Waals surface area contributed by atoms with Gasteiger partial charge in [0.1, 0.15) is 0 Å². The number of likely N-dealkylation sites (N-methyl/N-ethyl adjacent to an activating group) is 1. The Hall–Kier alpha value is -0.0900. The third-order valence-electron chi connectivity index (χ3n) is 4.64. The van der Waals surface area contributed by atoms with Crippen molar-refractivity contribution in [1.82, 2.24) is 9.80 Å². The van der Waals surface area contributed by atoms with Crippen LogP contribution in [-0.2, 0) is 6.54 Å². The molecular formula is C15H20BrClN2. The van der Waals surface area contributed by atoms with Crippen LogP contribution in [0, 0.1) is 0 Å². The van der Waals surface area contributed by atoms with Gasteiger partial charge in [0.25, 0.3) is 0 Å². The largest absolute Gasteiger partial charge is 0.299 e. The number of rotatable bonds is 2. The molecule has 104 valence electrons. The van der Waals surface area contributed by atoms with E-state index in [0.717, 1.165) is 28.1 Å². The van der Waals surface area contributed by atoms with E-state index in [1.807, 2.05) is 6.07 Å². The Bertz CT molecular complexity index is 465. The maximum absolute atomic E-state index is 6.33. The van der Waals surface area contributed by atoms with Crippen LogP contribution in [0.15, 0.2) is 22.7 Å². The molecule has 2 heterocycles. The molecule has 4 heteroatoms. The van der Waals surface area contributed by atoms with Crippen LogP contribution < -0.4 is 0 Å². The minimum absolute atomic E-state index is 0.738. The predicted molar refractivity (Wildman–Crippen MR) is 83.6 cm³/mol. The van der Waals surface area contributed by atoms with Crippen molar-refractivity contribution in [2.24, 2.45) is 0 Å². The maximum atomic E-state index is 6.33. The number of hydrogen-bond donors (Lipinski definition) is 0. The molecule has 2 aliphatic heterocycles. The summed E-state index contributed by atoms with van der Waals surface area (Å²) in [6, 6.07) is 7.75. The van der Waals surface area contributed by atoms with E-state index in [1.54, 1.807) is 0 Å². The van der Waals surface area contributed by atoms with Crippen molar-refractivity contribution < 1.29 is 0 Å². The van der Waals surface area contributed by atoms with Crippen LogP contribution in [-0.4, -0.2) is 42.0 Å². The molecule has 1 aromatic carbocycles. The first-order valence-corrected chi connectivity index (χ1v) is 8.19. The van der Waals surface area contributed by atoms with Crippen LogP contribution in [0.2, 0.25) is 5.02 Å². The minimum atomic E-state index is 0.738. The van der Waals surface area contributed by atoms with Crippen molar-refractivity contribution in [3.63, 3.8) is 0 Å². The first-order chi connectivity index (χ1) is 9.13. The van der Waals surface area contributed by atoms with Crippen molar-refractivity contribution in [2.75, 3.05) is 20.1 Å². The zero-order valence-corrected chi connectivity index (χ0v) is 13.6. The third-order valence-corrected chi connectivity index (χ3v) is 5.49. The lowest BCUT2D eigenvalue weighted by Gasteiger charge is -2.26. The fourth-order valence-corrected chi connectivity index (χ4v) is 4.15. The molecule has 1 aromatic rings. The normalized spacial score (nSPS) is 28.6. The van der Waals surface area contributed by atoms with Crippen LogP contribution in [0.4, 0.5) is 0 Å². The second-order valence-corrected chi connectivity index (χ2v) is 7.13. The smallest absolute Gasteiger partial charge is 0.0462 e. The zero-order chi connectivity index (χ0) is 13.4. The second-order valence-electron chi connectivity index (χ2n) is 5.81. The van der Waals surface area contributed by atoms with Crippen molar-refractivity contribution in [1.29, 1.82) is 0 Å².